The van der Waals surface area contributed by atoms with Crippen molar-refractivity contribution in [2.24, 2.45) is 0 Å². The molecule has 0 heterocycles. The van der Waals surface area contributed by atoms with Gasteiger partial charge in [0, 0.05) is 0 Å². The van der Waals surface area contributed by atoms with Gasteiger partial charge in [-0.25, -0.2) is 4.79 Å². The fourth-order valence-electron chi connectivity index (χ4n) is 1.23. The van der Waals surface area contributed by atoms with Gasteiger partial charge < -0.3 is 20.5 Å². The van der Waals surface area contributed by atoms with Crippen LogP contribution in [0.5, 0.6) is 0 Å². The number of nitrogens with one attached hydrogen (secondary N) is 2. The van der Waals surface area contributed by atoms with Crippen LogP contribution in [0.4, 0.5) is 0 Å². The van der Waals surface area contributed by atoms with Crippen LogP contribution in [-0.2, 0) is 19.1 Å². The first kappa shape index (κ1) is 17.4. The molecule has 0 bridgehead atoms. The number of amides is 1. The summed E-state index contributed by atoms with van der Waals surface area (Å²) in [7, 11) is 0. The molecule has 0 aliphatic rings. The third-order valence-electron chi connectivity index (χ3n) is 1.96. The zero-order valence-corrected chi connectivity index (χ0v) is 11.8. The second kappa shape index (κ2) is 7.73. The summed E-state index contributed by atoms with van der Waals surface area (Å²) in [6.45, 7) is 7.48. The molecule has 19 heavy (non-hydrogen) atoms. The molecule has 0 radical (unpaired) electrons. The van der Waals surface area contributed by atoms with E-state index >= 15 is 0 Å². The maximum atomic E-state index is 11.5. The van der Waals surface area contributed by atoms with E-state index in [2.05, 4.69) is 10.6 Å². The minimum atomic E-state index is -1.28. The van der Waals surface area contributed by atoms with Gasteiger partial charge in [-0.1, -0.05) is 6.92 Å². The lowest BCUT2D eigenvalue weighted by Crippen LogP contribution is -2.46. The van der Waals surface area contributed by atoms with Gasteiger partial charge in [-0.05, 0) is 27.3 Å². The highest BCUT2D eigenvalue weighted by molar-refractivity contribution is 5.87. The Bertz CT molecular complexity index is 336. The normalized spacial score (nSPS) is 12.6. The molecular weight excluding hydrogens is 252 g/mol. The molecule has 7 heteroatoms. The Morgan fingerprint density at radius 2 is 1.84 bits per heavy atom. The smallest absolute Gasteiger partial charge is 0.326 e. The standard InChI is InChI=1S/C12H22N2O5/c1-5-13-7-9(15)14-8(11(17)18)6-10(16)19-12(2,3)4/h8,13H,5-7H2,1-4H3,(H,14,15)(H,17,18)/t8-/m0/s1. The van der Waals surface area contributed by atoms with Gasteiger partial charge in [0.25, 0.3) is 0 Å². The third kappa shape index (κ3) is 9.01. The van der Waals surface area contributed by atoms with E-state index in [0.29, 0.717) is 6.54 Å². The molecule has 0 fully saturated rings. The van der Waals surface area contributed by atoms with Crippen LogP contribution in [0, 0.1) is 0 Å². The van der Waals surface area contributed by atoms with E-state index in [0.717, 1.165) is 0 Å². The topological polar surface area (TPSA) is 105 Å². The molecular formula is C12H22N2O5. The van der Waals surface area contributed by atoms with Crippen molar-refractivity contribution in [1.29, 1.82) is 0 Å². The summed E-state index contributed by atoms with van der Waals surface area (Å²) >= 11 is 0. The van der Waals surface area contributed by atoms with Gasteiger partial charge in [0.1, 0.15) is 11.6 Å². The van der Waals surface area contributed by atoms with E-state index in [4.69, 9.17) is 9.84 Å². The van der Waals surface area contributed by atoms with Gasteiger partial charge in [-0.3, -0.25) is 9.59 Å². The summed E-state index contributed by atoms with van der Waals surface area (Å²) < 4.78 is 5.01. The Morgan fingerprint density at radius 1 is 1.26 bits per heavy atom. The van der Waals surface area contributed by atoms with Crippen LogP contribution in [-0.4, -0.2) is 47.7 Å². The quantitative estimate of drug-likeness (QED) is 0.560. The summed E-state index contributed by atoms with van der Waals surface area (Å²) in [6.07, 6.45) is -0.398. The second-order valence-electron chi connectivity index (χ2n) is 5.03. The summed E-state index contributed by atoms with van der Waals surface area (Å²) in [6, 6.07) is -1.28. The number of carbonyl (C=O) groups excluding carboxylic acids is 2. The largest absolute Gasteiger partial charge is 0.480 e. The van der Waals surface area contributed by atoms with Gasteiger partial charge in [0.15, 0.2) is 0 Å². The van der Waals surface area contributed by atoms with Crippen molar-refractivity contribution in [3.63, 3.8) is 0 Å². The number of ether oxygens (including phenoxy) is 1. The van der Waals surface area contributed by atoms with Crippen LogP contribution in [0.1, 0.15) is 34.1 Å². The Hall–Kier alpha value is -1.63. The highest BCUT2D eigenvalue weighted by Crippen LogP contribution is 2.09. The van der Waals surface area contributed by atoms with Gasteiger partial charge in [0.05, 0.1) is 13.0 Å². The Balaban J connectivity index is 4.38. The Kier molecular flexibility index (Phi) is 7.06. The average molecular weight is 274 g/mol. The number of carboxylic acid groups (broad SMARTS) is 1. The first-order valence-corrected chi connectivity index (χ1v) is 6.10. The van der Waals surface area contributed by atoms with Crippen LogP contribution < -0.4 is 10.6 Å². The molecule has 0 aromatic heterocycles. The first-order chi connectivity index (χ1) is 8.65. The zero-order valence-electron chi connectivity index (χ0n) is 11.8. The van der Waals surface area contributed by atoms with Gasteiger partial charge >= 0.3 is 11.9 Å². The van der Waals surface area contributed by atoms with Crippen molar-refractivity contribution in [3.05, 3.63) is 0 Å². The van der Waals surface area contributed by atoms with Crippen LogP contribution >= 0.6 is 0 Å². The van der Waals surface area contributed by atoms with Crippen molar-refractivity contribution in [2.45, 2.75) is 45.8 Å². The fraction of sp³-hybridized carbons (Fsp3) is 0.750. The van der Waals surface area contributed by atoms with Crippen LogP contribution in [0.15, 0.2) is 0 Å². The summed E-state index contributed by atoms with van der Waals surface area (Å²) in [5.41, 5.74) is -0.687. The molecule has 0 saturated heterocycles. The SMILES string of the molecule is CCNCC(=O)N[C@@H](CC(=O)OC(C)(C)C)C(=O)O. The maximum absolute atomic E-state index is 11.5. The van der Waals surface area contributed by atoms with Gasteiger partial charge in [-0.2, -0.15) is 0 Å². The summed E-state index contributed by atoms with van der Waals surface area (Å²) in [5.74, 6) is -2.41. The molecule has 0 aliphatic heterocycles. The Labute approximate surface area is 112 Å². The van der Waals surface area contributed by atoms with Crippen molar-refractivity contribution >= 4 is 17.8 Å². The van der Waals surface area contributed by atoms with Crippen molar-refractivity contribution in [2.75, 3.05) is 13.1 Å². The number of hydrogen-bond donors (Lipinski definition) is 3. The van der Waals surface area contributed by atoms with Gasteiger partial charge in [-0.15, -0.1) is 0 Å². The highest BCUT2D eigenvalue weighted by Gasteiger charge is 2.26. The minimum Gasteiger partial charge on any atom is -0.480 e. The van der Waals surface area contributed by atoms with Crippen LogP contribution in [0.2, 0.25) is 0 Å². The molecule has 0 rings (SSSR count). The maximum Gasteiger partial charge on any atom is 0.326 e. The van der Waals surface area contributed by atoms with E-state index in [1.807, 2.05) is 6.92 Å². The number of carbonyl (C=O) groups is 3. The second-order valence-corrected chi connectivity index (χ2v) is 5.03. The monoisotopic (exact) mass is 274 g/mol. The third-order valence-corrected chi connectivity index (χ3v) is 1.96. The van der Waals surface area contributed by atoms with Crippen molar-refractivity contribution < 1.29 is 24.2 Å². The number of likely N-dealkylation sites (N-methyl/N-ethyl adjacent to an activating group) is 1. The fourth-order valence-corrected chi connectivity index (χ4v) is 1.23. The van der Waals surface area contributed by atoms with Crippen molar-refractivity contribution in [1.82, 2.24) is 10.6 Å². The summed E-state index contributed by atoms with van der Waals surface area (Å²) in [5, 5.41) is 14.0. The van der Waals surface area contributed by atoms with E-state index in [1.165, 1.54) is 0 Å². The number of carboxylic acids is 1. The molecule has 0 spiro atoms. The molecule has 0 aromatic carbocycles. The predicted octanol–water partition coefficient (Wildman–Crippen LogP) is -0.103. The highest BCUT2D eigenvalue weighted by atomic mass is 16.6. The Morgan fingerprint density at radius 3 is 2.26 bits per heavy atom. The lowest BCUT2D eigenvalue weighted by atomic mass is 10.1. The molecule has 0 unspecified atom stereocenters. The zero-order chi connectivity index (χ0) is 15.1. The molecule has 7 nitrogen and oxygen atoms in total. The predicted molar refractivity (Wildman–Crippen MR) is 68.6 cm³/mol. The van der Waals surface area contributed by atoms with Crippen LogP contribution in [0.3, 0.4) is 0 Å². The lowest BCUT2D eigenvalue weighted by molar-refractivity contribution is -0.158. The molecule has 1 atom stereocenters. The molecule has 3 N–H and O–H groups in total. The molecule has 1 amide bonds. The lowest BCUT2D eigenvalue weighted by Gasteiger charge is -2.21. The van der Waals surface area contributed by atoms with Gasteiger partial charge in [0.2, 0.25) is 5.91 Å². The van der Waals surface area contributed by atoms with E-state index < -0.39 is 35.9 Å². The van der Waals surface area contributed by atoms with Crippen LogP contribution in [0.25, 0.3) is 0 Å². The van der Waals surface area contributed by atoms with E-state index in [1.54, 1.807) is 20.8 Å². The minimum absolute atomic E-state index is 0.00853. The number of hydrogen-bond acceptors (Lipinski definition) is 5. The molecule has 0 saturated carbocycles. The molecule has 0 aromatic rings. The summed E-state index contributed by atoms with van der Waals surface area (Å²) in [4.78, 5) is 33.9. The molecule has 0 aliphatic carbocycles. The average Bonchev–Trinajstić information content (AvgIpc) is 2.22. The number of aliphatic carboxylic acids is 1. The van der Waals surface area contributed by atoms with E-state index in [9.17, 15) is 14.4 Å². The first-order valence-electron chi connectivity index (χ1n) is 6.10. The van der Waals surface area contributed by atoms with E-state index in [-0.39, 0.29) is 6.54 Å². The number of rotatable bonds is 7. The molecule has 110 valence electrons. The number of esters is 1. The van der Waals surface area contributed by atoms with Crippen molar-refractivity contribution in [3.8, 4) is 0 Å².